The summed E-state index contributed by atoms with van der Waals surface area (Å²) in [5, 5.41) is 0. The molecule has 5 heteroatoms. The van der Waals surface area contributed by atoms with E-state index in [9.17, 15) is 8.42 Å². The molecule has 170 valence electrons. The van der Waals surface area contributed by atoms with Crippen LogP contribution in [0, 0.1) is 0 Å². The van der Waals surface area contributed by atoms with Crippen LogP contribution in [-0.2, 0) is 20.7 Å². The van der Waals surface area contributed by atoms with Gasteiger partial charge in [0.25, 0.3) is 10.1 Å². The first kappa shape index (κ1) is 30.1. The summed E-state index contributed by atoms with van der Waals surface area (Å²) in [7, 11) is -3.62. The molecule has 0 fully saturated rings. The van der Waals surface area contributed by atoms with Gasteiger partial charge < -0.3 is 1.43 Å². The van der Waals surface area contributed by atoms with E-state index in [0.29, 0.717) is 11.3 Å². The van der Waals surface area contributed by atoms with Crippen molar-refractivity contribution in [1.29, 1.82) is 0 Å². The fourth-order valence-electron chi connectivity index (χ4n) is 3.72. The Kier molecular flexibility index (Phi) is 19.9. The Bertz CT molecular complexity index is 623. The van der Waals surface area contributed by atoms with Crippen LogP contribution >= 0.6 is 0 Å². The van der Waals surface area contributed by atoms with E-state index in [-0.39, 0.29) is 37.6 Å². The zero-order valence-corrected chi connectivity index (χ0v) is 22.8. The number of benzene rings is 1. The summed E-state index contributed by atoms with van der Waals surface area (Å²) in [5.41, 5.74) is 0.891. The van der Waals surface area contributed by atoms with Crippen LogP contribution in [0.5, 0.6) is 0 Å². The second-order valence-corrected chi connectivity index (χ2v) is 9.81. The second kappa shape index (κ2) is 19.8. The number of hydrogen-bond donors (Lipinski definition) is 0. The predicted molar refractivity (Wildman–Crippen MR) is 125 cm³/mol. The third kappa shape index (κ3) is 14.2. The van der Waals surface area contributed by atoms with Crippen molar-refractivity contribution < 1.29 is 43.6 Å². The van der Waals surface area contributed by atoms with Crippen molar-refractivity contribution in [2.24, 2.45) is 0 Å². The normalized spacial score (nSPS) is 11.4. The van der Waals surface area contributed by atoms with Crippen molar-refractivity contribution in [3.05, 3.63) is 29.8 Å². The maximum absolute atomic E-state index is 12.3. The molecule has 3 nitrogen and oxygen atoms in total. The second-order valence-electron chi connectivity index (χ2n) is 8.23. The van der Waals surface area contributed by atoms with Crippen molar-refractivity contribution in [3.63, 3.8) is 0 Å². The van der Waals surface area contributed by atoms with Crippen molar-refractivity contribution in [2.45, 2.75) is 121 Å². The fraction of sp³-hybridized carbons (Fsp3) is 0.760. The van der Waals surface area contributed by atoms with Gasteiger partial charge in [-0.3, -0.25) is 4.18 Å². The number of unbranched alkanes of at least 4 members (excludes halogenated alkanes) is 13. The summed E-state index contributed by atoms with van der Waals surface area (Å²) in [4.78, 5) is 0.350. The van der Waals surface area contributed by atoms with Gasteiger partial charge in [0.1, 0.15) is 0 Å². The summed E-state index contributed by atoms with van der Waals surface area (Å²) in [6.45, 7) is 4.43. The van der Waals surface area contributed by atoms with E-state index >= 15 is 0 Å². The molecule has 0 aliphatic heterocycles. The molecule has 0 spiro atoms. The first-order valence-corrected chi connectivity index (χ1v) is 13.5. The number of hydrogen-bond acceptors (Lipinski definition) is 3. The Balaban J connectivity index is 0. The maximum Gasteiger partial charge on any atom is 1.00 e. The largest absolute Gasteiger partial charge is 1.00 e. The van der Waals surface area contributed by atoms with Crippen LogP contribution < -0.4 is 29.6 Å². The molecular formula is C25H45NaO3S. The van der Waals surface area contributed by atoms with Gasteiger partial charge >= 0.3 is 29.6 Å². The van der Waals surface area contributed by atoms with Crippen LogP contribution in [-0.4, -0.2) is 15.0 Å². The summed E-state index contributed by atoms with van der Waals surface area (Å²) in [5.74, 6) is 0. The molecule has 0 saturated heterocycles. The Hall–Kier alpha value is 0.130. The zero-order valence-electron chi connectivity index (χ0n) is 21.0. The molecule has 0 unspecified atom stereocenters. The molecule has 0 aromatic heterocycles. The van der Waals surface area contributed by atoms with Crippen LogP contribution in [0.4, 0.5) is 0 Å². The SMILES string of the molecule is CCCCCCCCCCCCCCCCc1ccccc1S(=O)(=O)OCCC.[H-].[Na+]. The van der Waals surface area contributed by atoms with E-state index in [1.165, 1.54) is 83.5 Å². The van der Waals surface area contributed by atoms with Crippen LogP contribution in [0.1, 0.15) is 117 Å². The molecule has 1 aromatic carbocycles. The third-order valence-corrected chi connectivity index (χ3v) is 6.90. The molecule has 30 heavy (non-hydrogen) atoms. The van der Waals surface area contributed by atoms with Gasteiger partial charge in [-0.1, -0.05) is 116 Å². The summed E-state index contributed by atoms with van der Waals surface area (Å²) >= 11 is 0. The van der Waals surface area contributed by atoms with Crippen molar-refractivity contribution in [1.82, 2.24) is 0 Å². The molecule has 0 amide bonds. The minimum atomic E-state index is -3.62. The van der Waals surface area contributed by atoms with Crippen LogP contribution in [0.15, 0.2) is 29.2 Å². The predicted octanol–water partition coefficient (Wildman–Crippen LogP) is 4.94. The maximum atomic E-state index is 12.3. The summed E-state index contributed by atoms with van der Waals surface area (Å²) in [6, 6.07) is 7.28. The fourth-order valence-corrected chi connectivity index (χ4v) is 4.97. The van der Waals surface area contributed by atoms with Gasteiger partial charge in [0, 0.05) is 0 Å². The van der Waals surface area contributed by atoms with Crippen LogP contribution in [0.2, 0.25) is 0 Å². The van der Waals surface area contributed by atoms with Gasteiger partial charge in [-0.15, -0.1) is 0 Å². The van der Waals surface area contributed by atoms with Crippen LogP contribution in [0.3, 0.4) is 0 Å². The zero-order chi connectivity index (χ0) is 21.2. The number of aryl methyl sites for hydroxylation is 1. The third-order valence-electron chi connectivity index (χ3n) is 5.48. The van der Waals surface area contributed by atoms with Gasteiger partial charge in [-0.05, 0) is 30.9 Å². The van der Waals surface area contributed by atoms with Crippen molar-refractivity contribution in [3.8, 4) is 0 Å². The van der Waals surface area contributed by atoms with Crippen molar-refractivity contribution >= 4 is 10.1 Å². The first-order valence-electron chi connectivity index (χ1n) is 12.1. The molecule has 0 atom stereocenters. The smallest absolute Gasteiger partial charge is 1.00 e. The molecule has 1 aromatic rings. The van der Waals surface area contributed by atoms with E-state index in [4.69, 9.17) is 4.18 Å². The van der Waals surface area contributed by atoms with Crippen molar-refractivity contribution in [2.75, 3.05) is 6.61 Å². The molecule has 0 aliphatic rings. The molecular weight excluding hydrogens is 403 g/mol. The average Bonchev–Trinajstić information content (AvgIpc) is 2.73. The van der Waals surface area contributed by atoms with E-state index < -0.39 is 10.1 Å². The average molecular weight is 449 g/mol. The molecule has 0 radical (unpaired) electrons. The summed E-state index contributed by atoms with van der Waals surface area (Å²) < 4.78 is 29.8. The topological polar surface area (TPSA) is 43.4 Å². The Morgan fingerprint density at radius 2 is 1.17 bits per heavy atom. The molecule has 0 aliphatic carbocycles. The monoisotopic (exact) mass is 448 g/mol. The molecule has 0 heterocycles. The Morgan fingerprint density at radius 1 is 0.700 bits per heavy atom. The van der Waals surface area contributed by atoms with Gasteiger partial charge in [0.2, 0.25) is 0 Å². The quantitative estimate of drug-likeness (QED) is 0.171. The molecule has 0 saturated carbocycles. The van der Waals surface area contributed by atoms with Gasteiger partial charge in [-0.2, -0.15) is 8.42 Å². The molecule has 0 N–H and O–H groups in total. The van der Waals surface area contributed by atoms with Crippen LogP contribution in [0.25, 0.3) is 0 Å². The van der Waals surface area contributed by atoms with Gasteiger partial charge in [-0.25, -0.2) is 0 Å². The van der Waals surface area contributed by atoms with E-state index in [1.54, 1.807) is 12.1 Å². The Morgan fingerprint density at radius 3 is 1.67 bits per heavy atom. The van der Waals surface area contributed by atoms with E-state index in [0.717, 1.165) is 18.4 Å². The molecule has 1 rings (SSSR count). The minimum absolute atomic E-state index is 0. The molecule has 0 bridgehead atoms. The number of rotatable bonds is 19. The van der Waals surface area contributed by atoms with E-state index in [1.807, 2.05) is 19.1 Å². The summed E-state index contributed by atoms with van der Waals surface area (Å²) in [6.07, 6.45) is 20.1. The first-order chi connectivity index (χ1) is 14.1. The Labute approximate surface area is 210 Å². The standard InChI is InChI=1S/C25H44O3S.Na.H/c1-3-5-6-7-8-9-10-11-12-13-14-15-16-17-20-24-21-18-19-22-25(24)29(26,27)28-23-4-2;;/h18-19,21-22H,3-17,20,23H2,1-2H3;;/q;+1;-1. The van der Waals surface area contributed by atoms with Gasteiger partial charge in [0.05, 0.1) is 11.5 Å². The minimum Gasteiger partial charge on any atom is -1.00 e. The van der Waals surface area contributed by atoms with Gasteiger partial charge in [0.15, 0.2) is 0 Å². The van der Waals surface area contributed by atoms with E-state index in [2.05, 4.69) is 6.92 Å².